The Labute approximate surface area is 228 Å². The number of benzene rings is 1. The summed E-state index contributed by atoms with van der Waals surface area (Å²) in [5.74, 6) is -1.13. The fourth-order valence-electron chi connectivity index (χ4n) is 5.69. The first kappa shape index (κ1) is 25.5. The Balaban J connectivity index is 1.35. The van der Waals surface area contributed by atoms with E-state index in [2.05, 4.69) is 10.3 Å². The summed E-state index contributed by atoms with van der Waals surface area (Å²) in [7, 11) is 1.51. The lowest BCUT2D eigenvalue weighted by Gasteiger charge is -2.28. The summed E-state index contributed by atoms with van der Waals surface area (Å²) < 4.78 is 16.4. The predicted octanol–water partition coefficient (Wildman–Crippen LogP) is 1.84. The molecule has 2 atom stereocenters. The van der Waals surface area contributed by atoms with Gasteiger partial charge in [-0.15, -0.1) is 0 Å². The number of nitrogens with one attached hydrogen (secondary N) is 1. The Bertz CT molecular complexity index is 1600. The number of fused-ring (bicyclic) bond motifs is 2. The summed E-state index contributed by atoms with van der Waals surface area (Å²) in [6, 6.07) is 9.14. The summed E-state index contributed by atoms with van der Waals surface area (Å²) in [4.78, 5) is 71.5. The molecule has 0 aliphatic carbocycles. The van der Waals surface area contributed by atoms with Crippen LogP contribution in [0.4, 0.5) is 5.82 Å². The van der Waals surface area contributed by atoms with E-state index in [0.29, 0.717) is 28.8 Å². The van der Waals surface area contributed by atoms with Crippen LogP contribution in [0.3, 0.4) is 0 Å². The molecule has 0 bridgehead atoms. The number of ether oxygens (including phenoxy) is 2. The maximum absolute atomic E-state index is 13.3. The van der Waals surface area contributed by atoms with Crippen LogP contribution in [0.15, 0.2) is 40.8 Å². The van der Waals surface area contributed by atoms with Crippen molar-refractivity contribution in [2.24, 2.45) is 0 Å². The number of rotatable bonds is 7. The van der Waals surface area contributed by atoms with Crippen molar-refractivity contribution in [3.05, 3.63) is 53.3 Å². The van der Waals surface area contributed by atoms with Gasteiger partial charge in [0.2, 0.25) is 17.7 Å². The Morgan fingerprint density at radius 2 is 2.00 bits per heavy atom. The molecule has 4 amide bonds. The van der Waals surface area contributed by atoms with Crippen LogP contribution < -0.4 is 15.0 Å². The molecule has 3 aromatic rings. The molecular formula is C28H26N4O8. The lowest BCUT2D eigenvalue weighted by molar-refractivity contribution is -0.145. The predicted molar refractivity (Wildman–Crippen MR) is 138 cm³/mol. The fourth-order valence-corrected chi connectivity index (χ4v) is 5.69. The highest BCUT2D eigenvalue weighted by Crippen LogP contribution is 2.39. The van der Waals surface area contributed by atoms with Gasteiger partial charge in [0, 0.05) is 31.1 Å². The van der Waals surface area contributed by atoms with Gasteiger partial charge in [-0.25, -0.2) is 9.78 Å². The van der Waals surface area contributed by atoms with E-state index in [1.807, 2.05) is 0 Å². The molecule has 5 heterocycles. The molecule has 3 aliphatic heterocycles. The SMILES string of the molecule is CCOC(=O)[C@H]1CCC(=O)N1c1ccc2oc([C@]3(CN4Cc5ccc(OC)cc5C4=O)CC(=O)NC3=O)cc2n1. The molecule has 0 radical (unpaired) electrons. The van der Waals surface area contributed by atoms with Gasteiger partial charge in [-0.3, -0.25) is 29.4 Å². The second kappa shape index (κ2) is 9.47. The monoisotopic (exact) mass is 546 g/mol. The molecule has 1 N–H and O–H groups in total. The van der Waals surface area contributed by atoms with Crippen LogP contribution in [0, 0.1) is 0 Å². The van der Waals surface area contributed by atoms with Crippen LogP contribution in [-0.2, 0) is 35.9 Å². The first-order valence-electron chi connectivity index (χ1n) is 12.9. The van der Waals surface area contributed by atoms with Crippen molar-refractivity contribution < 1.29 is 37.9 Å². The Morgan fingerprint density at radius 3 is 2.73 bits per heavy atom. The molecule has 6 rings (SSSR count). The van der Waals surface area contributed by atoms with Gasteiger partial charge in [0.05, 0.1) is 20.1 Å². The summed E-state index contributed by atoms with van der Waals surface area (Å²) >= 11 is 0. The van der Waals surface area contributed by atoms with E-state index in [0.717, 1.165) is 5.56 Å². The highest BCUT2D eigenvalue weighted by molar-refractivity contribution is 6.10. The van der Waals surface area contributed by atoms with Gasteiger partial charge in [0.1, 0.15) is 34.3 Å². The van der Waals surface area contributed by atoms with Gasteiger partial charge in [0.25, 0.3) is 5.91 Å². The summed E-state index contributed by atoms with van der Waals surface area (Å²) in [6.07, 6.45) is 0.290. The van der Waals surface area contributed by atoms with Gasteiger partial charge in [-0.2, -0.15) is 0 Å². The Kier molecular flexibility index (Phi) is 6.05. The maximum Gasteiger partial charge on any atom is 0.329 e. The van der Waals surface area contributed by atoms with Crippen molar-refractivity contribution in [2.45, 2.75) is 44.2 Å². The summed E-state index contributed by atoms with van der Waals surface area (Å²) in [5, 5.41) is 2.35. The van der Waals surface area contributed by atoms with Crippen LogP contribution in [0.2, 0.25) is 0 Å². The van der Waals surface area contributed by atoms with E-state index in [9.17, 15) is 24.0 Å². The number of nitrogens with zero attached hydrogens (tertiary/aromatic N) is 3. The average molecular weight is 547 g/mol. The molecule has 2 aromatic heterocycles. The van der Waals surface area contributed by atoms with Crippen molar-refractivity contribution in [3.63, 3.8) is 0 Å². The van der Waals surface area contributed by atoms with Gasteiger partial charge in [0.15, 0.2) is 5.58 Å². The first-order chi connectivity index (χ1) is 19.2. The summed E-state index contributed by atoms with van der Waals surface area (Å²) in [5.41, 5.74) is 0.443. The van der Waals surface area contributed by atoms with Crippen LogP contribution in [0.1, 0.15) is 47.9 Å². The third-order valence-electron chi connectivity index (χ3n) is 7.65. The third kappa shape index (κ3) is 3.98. The number of aromatic nitrogens is 1. The molecule has 40 heavy (non-hydrogen) atoms. The lowest BCUT2D eigenvalue weighted by atomic mass is 9.82. The molecular weight excluding hydrogens is 520 g/mol. The molecule has 0 spiro atoms. The highest BCUT2D eigenvalue weighted by Gasteiger charge is 2.53. The highest BCUT2D eigenvalue weighted by atomic mass is 16.5. The normalized spacial score (nSPS) is 22.3. The zero-order valence-electron chi connectivity index (χ0n) is 21.9. The molecule has 0 saturated carbocycles. The zero-order valence-corrected chi connectivity index (χ0v) is 21.9. The van der Waals surface area contributed by atoms with Crippen LogP contribution in [-0.4, -0.2) is 65.8 Å². The van der Waals surface area contributed by atoms with E-state index >= 15 is 0 Å². The van der Waals surface area contributed by atoms with E-state index in [4.69, 9.17) is 13.9 Å². The number of methoxy groups -OCH3 is 1. The van der Waals surface area contributed by atoms with Crippen molar-refractivity contribution >= 4 is 46.5 Å². The Morgan fingerprint density at radius 1 is 1.18 bits per heavy atom. The lowest BCUT2D eigenvalue weighted by Crippen LogP contribution is -2.46. The number of anilines is 1. The van der Waals surface area contributed by atoms with Gasteiger partial charge < -0.3 is 18.8 Å². The summed E-state index contributed by atoms with van der Waals surface area (Å²) in [6.45, 7) is 2.05. The topological polar surface area (TPSA) is 148 Å². The second-order valence-electron chi connectivity index (χ2n) is 10.1. The minimum atomic E-state index is -1.48. The number of pyridine rings is 1. The minimum Gasteiger partial charge on any atom is -0.497 e. The Hall–Kier alpha value is -4.74. The van der Waals surface area contributed by atoms with Crippen LogP contribution in [0.25, 0.3) is 11.1 Å². The van der Waals surface area contributed by atoms with E-state index < -0.39 is 29.2 Å². The number of imide groups is 1. The van der Waals surface area contributed by atoms with Crippen molar-refractivity contribution in [1.29, 1.82) is 0 Å². The van der Waals surface area contributed by atoms with Gasteiger partial charge in [-0.1, -0.05) is 6.07 Å². The molecule has 3 aliphatic rings. The molecule has 12 heteroatoms. The number of hydrogen-bond donors (Lipinski definition) is 1. The molecule has 1 aromatic carbocycles. The van der Waals surface area contributed by atoms with Gasteiger partial charge >= 0.3 is 5.97 Å². The van der Waals surface area contributed by atoms with Crippen LogP contribution in [0.5, 0.6) is 5.75 Å². The second-order valence-corrected chi connectivity index (χ2v) is 10.1. The smallest absolute Gasteiger partial charge is 0.329 e. The maximum atomic E-state index is 13.3. The quantitative estimate of drug-likeness (QED) is 0.346. The zero-order chi connectivity index (χ0) is 28.2. The van der Waals surface area contributed by atoms with Crippen molar-refractivity contribution in [1.82, 2.24) is 15.2 Å². The largest absolute Gasteiger partial charge is 0.497 e. The fraction of sp³-hybridized carbons (Fsp3) is 0.357. The number of amides is 4. The number of carbonyl (C=O) groups excluding carboxylic acids is 5. The number of carbonyl (C=O) groups is 5. The standard InChI is InChI=1S/C28H26N4O8/c1-3-39-26(36)19-6-9-24(34)32(19)22-8-7-20-18(29-22)11-21(40-20)28(12-23(33)30-27(28)37)14-31-13-15-4-5-16(38-2)10-17(15)25(31)35/h4-5,7-8,10-11,19H,3,6,9,12-14H2,1-2H3,(H,30,33,37)/t19-,28-/m1/s1. The molecule has 12 nitrogen and oxygen atoms in total. The molecule has 206 valence electrons. The van der Waals surface area contributed by atoms with E-state index in [1.165, 1.54) is 16.9 Å². The number of esters is 1. The minimum absolute atomic E-state index is 0.0946. The molecule has 0 unspecified atom stereocenters. The van der Waals surface area contributed by atoms with Crippen LogP contribution >= 0.6 is 0 Å². The number of hydrogen-bond acceptors (Lipinski definition) is 9. The molecule has 2 fully saturated rings. The van der Waals surface area contributed by atoms with Crippen molar-refractivity contribution in [2.75, 3.05) is 25.2 Å². The molecule has 2 saturated heterocycles. The van der Waals surface area contributed by atoms with E-state index in [1.54, 1.807) is 43.3 Å². The van der Waals surface area contributed by atoms with Crippen molar-refractivity contribution in [3.8, 4) is 5.75 Å². The van der Waals surface area contributed by atoms with E-state index in [-0.39, 0.29) is 55.9 Å². The average Bonchev–Trinajstić information content (AvgIpc) is 3.68. The van der Waals surface area contributed by atoms with Gasteiger partial charge in [-0.05, 0) is 43.2 Å². The number of furan rings is 1. The first-order valence-corrected chi connectivity index (χ1v) is 12.9. The third-order valence-corrected chi connectivity index (χ3v) is 7.65.